The first-order valence-corrected chi connectivity index (χ1v) is 32.9. The van der Waals surface area contributed by atoms with Crippen LogP contribution in [0.5, 0.6) is 33.9 Å². The average molecular weight is 1400 g/mol. The number of nitroso groups, excluding NO2 is 1. The van der Waals surface area contributed by atoms with Gasteiger partial charge >= 0.3 is 0 Å². The number of rotatable bonds is 19. The third kappa shape index (κ3) is 13.4. The number of aromatic nitrogens is 2. The highest BCUT2D eigenvalue weighted by Gasteiger charge is 2.58. The molecule has 22 heteroatoms. The molecule has 2 aromatic heterocycles. The first-order valence-electron chi connectivity index (χ1n) is 30.1. The van der Waals surface area contributed by atoms with Gasteiger partial charge in [-0.1, -0.05) is 87.2 Å². The van der Waals surface area contributed by atoms with Crippen LogP contribution < -0.4 is 14.2 Å². The molecule has 0 amide bonds. The van der Waals surface area contributed by atoms with Crippen LogP contribution in [0.15, 0.2) is 102 Å². The van der Waals surface area contributed by atoms with Crippen LogP contribution in [0.2, 0.25) is 15.1 Å². The van der Waals surface area contributed by atoms with Crippen molar-refractivity contribution >= 4 is 113 Å². The molecule has 4 unspecified atom stereocenters. The fraction of sp³-hybridized carbons (Fsp3) is 0.400. The number of carbonyl (C=O) groups excluding carboxylic acids is 6. The number of thiazole rings is 1. The summed E-state index contributed by atoms with van der Waals surface area (Å²) in [6.07, 6.45) is 2.57. The molecule has 0 radical (unpaired) electrons. The number of halogens is 5. The van der Waals surface area contributed by atoms with E-state index in [1.165, 1.54) is 24.5 Å². The highest BCUT2D eigenvalue weighted by atomic mass is 79.9. The minimum Gasteiger partial charge on any atom is -0.454 e. The van der Waals surface area contributed by atoms with Crippen LogP contribution in [0.4, 0.5) is 10.1 Å². The van der Waals surface area contributed by atoms with E-state index >= 15 is 14.4 Å². The summed E-state index contributed by atoms with van der Waals surface area (Å²) in [5, 5.41) is 0.211. The largest absolute Gasteiger partial charge is 0.454 e. The molecule has 0 bridgehead atoms. The smallest absolute Gasteiger partial charge is 0.298 e. The summed E-state index contributed by atoms with van der Waals surface area (Å²) < 4.78 is 55.0. The van der Waals surface area contributed by atoms with E-state index in [1.807, 2.05) is 13.0 Å². The number of hydrogen-bond donors (Lipinski definition) is 0. The number of nitrogens with zero attached hydrogens (tertiary/aromatic N) is 3. The van der Waals surface area contributed by atoms with Crippen LogP contribution in [0.3, 0.4) is 0 Å². The number of Topliss-reactive ketones (excluding diaryl/α,β-unsaturated/α-hetero) is 6. The third-order valence-electron chi connectivity index (χ3n) is 17.5. The molecule has 3 fully saturated rings. The van der Waals surface area contributed by atoms with Crippen LogP contribution in [-0.2, 0) is 62.2 Å². The Balaban J connectivity index is 0.958. The molecule has 5 heterocycles. The fourth-order valence-corrected chi connectivity index (χ4v) is 14.7. The number of aryl methyl sites for hydroxylation is 3. The predicted octanol–water partition coefficient (Wildman–Crippen LogP) is 17.0. The Bertz CT molecular complexity index is 4200. The molecule has 4 atom stereocenters. The quantitative estimate of drug-likeness (QED) is 0.0420. The number of benzene rings is 5. The first-order chi connectivity index (χ1) is 43.1. The topological polar surface area (TPSA) is 204 Å². The Morgan fingerprint density at radius 1 is 0.587 bits per heavy atom. The zero-order chi connectivity index (χ0) is 66.9. The Hall–Kier alpha value is -6.68. The second kappa shape index (κ2) is 25.6. The van der Waals surface area contributed by atoms with Crippen molar-refractivity contribution in [2.45, 2.75) is 172 Å². The number of fused-ring (bicyclic) bond motifs is 1. The SMILES string of the molecule is CCc1ccc(Oc2ccc(Br)cc2[N+](C)=O)cc1C1C(=O)C(C)(C)OC(C)(CCCc2ccc(Oc3c(Cl)cnc(F)c3Cl)cc2C2C(=O)C(C)(C)OC(C)(CCCc3ccc(Oc4nc5cc(Cl)ccc5s4)cc3C3C(=O)C(C)(C)OC(C)(C)C3=O)C2=O)C1=O. The summed E-state index contributed by atoms with van der Waals surface area (Å²) in [5.41, 5.74) is -4.99. The number of ether oxygens (including phenoxy) is 6. The van der Waals surface area contributed by atoms with E-state index in [9.17, 15) is 23.7 Å². The Kier molecular flexibility index (Phi) is 18.9. The molecule has 3 aliphatic rings. The molecule has 5 aromatic carbocycles. The molecule has 3 aliphatic heterocycles. The van der Waals surface area contributed by atoms with Crippen molar-refractivity contribution < 1.29 is 66.3 Å². The molecule has 16 nitrogen and oxygen atoms in total. The second-order valence-corrected chi connectivity index (χ2v) is 29.1. The van der Waals surface area contributed by atoms with Crippen LogP contribution in [0.25, 0.3) is 10.2 Å². The van der Waals surface area contributed by atoms with E-state index in [2.05, 4.69) is 25.9 Å². The lowest BCUT2D eigenvalue weighted by Crippen LogP contribution is -2.59. The van der Waals surface area contributed by atoms with Crippen molar-refractivity contribution in [3.63, 3.8) is 0 Å². The summed E-state index contributed by atoms with van der Waals surface area (Å²) >= 11 is 23.8. The van der Waals surface area contributed by atoms with Gasteiger partial charge in [-0.15, -0.1) is 0 Å². The Labute approximate surface area is 559 Å². The van der Waals surface area contributed by atoms with Crippen molar-refractivity contribution in [3.8, 4) is 33.9 Å². The van der Waals surface area contributed by atoms with Crippen molar-refractivity contribution in [1.29, 1.82) is 0 Å². The van der Waals surface area contributed by atoms with Crippen LogP contribution >= 0.6 is 62.1 Å². The molecule has 0 aliphatic carbocycles. The van der Waals surface area contributed by atoms with Crippen molar-refractivity contribution in [2.24, 2.45) is 0 Å². The van der Waals surface area contributed by atoms with E-state index < -0.39 is 97.0 Å². The van der Waals surface area contributed by atoms with Gasteiger partial charge in [-0.3, -0.25) is 28.8 Å². The summed E-state index contributed by atoms with van der Waals surface area (Å²) in [4.78, 5) is 110. The number of carbonyl (C=O) groups is 6. The third-order valence-corrected chi connectivity index (χ3v) is 19.7. The summed E-state index contributed by atoms with van der Waals surface area (Å²) in [6.45, 7) is 18.2. The van der Waals surface area contributed by atoms with Crippen LogP contribution in [0.1, 0.15) is 153 Å². The van der Waals surface area contributed by atoms with Crippen LogP contribution in [0, 0.1) is 10.9 Å². The predicted molar refractivity (Wildman–Crippen MR) is 352 cm³/mol. The highest BCUT2D eigenvalue weighted by molar-refractivity contribution is 9.10. The number of ketones is 6. The molecule has 92 heavy (non-hydrogen) atoms. The van der Waals surface area contributed by atoms with Gasteiger partial charge in [0, 0.05) is 25.2 Å². The van der Waals surface area contributed by atoms with Gasteiger partial charge in [0.15, 0.2) is 47.5 Å². The van der Waals surface area contributed by atoms with Gasteiger partial charge in [-0.2, -0.15) is 4.39 Å². The summed E-state index contributed by atoms with van der Waals surface area (Å²) in [6, 6.07) is 25.5. The van der Waals surface area contributed by atoms with Gasteiger partial charge in [-0.25, -0.2) is 9.97 Å². The normalized spacial score (nSPS) is 22.1. The van der Waals surface area contributed by atoms with Crippen molar-refractivity contribution in [3.05, 3.63) is 161 Å². The molecule has 0 spiro atoms. The van der Waals surface area contributed by atoms with E-state index in [-0.39, 0.29) is 72.0 Å². The van der Waals surface area contributed by atoms with Crippen molar-refractivity contribution in [2.75, 3.05) is 7.05 Å². The molecule has 7 aromatic rings. The molecular formula is C70H69BrCl3FN3O13S+. The molecule has 0 N–H and O–H groups in total. The number of hydrogen-bond acceptors (Lipinski definition) is 16. The van der Waals surface area contributed by atoms with E-state index in [1.54, 1.807) is 148 Å². The molecule has 482 valence electrons. The minimum absolute atomic E-state index is 0.0519. The van der Waals surface area contributed by atoms with E-state index in [4.69, 9.17) is 63.2 Å². The number of pyridine rings is 1. The maximum absolute atomic E-state index is 15.6. The minimum atomic E-state index is -1.63. The molecule has 0 saturated carbocycles. The summed E-state index contributed by atoms with van der Waals surface area (Å²) in [5.74, 6) is -7.26. The van der Waals surface area contributed by atoms with Gasteiger partial charge in [0.1, 0.15) is 78.7 Å². The van der Waals surface area contributed by atoms with E-state index in [0.717, 1.165) is 16.5 Å². The standard InChI is InChI=1S/C70H69BrCl3FN3O13S/c1-13-36-18-23-41(86-50-26-21-39(71)30-49(50)78(12)85)32-44(36)53-59(81)67(6,7)90-69(10,61(53)83)28-15-17-38-19-24-42(87-56-47(73)35-76-63(75)55(56)74)33-46(38)54-60(82)68(8,9)91-70(11,62(54)84)29-14-16-37-20-25-43(88-64-77-48-31-40(72)22-27-51(48)92-64)34-45(37)52-57(79)65(2,3)89-66(4,5)58(52)80/h18-27,30-35,52-54H,13-17,28-29H2,1-12H3/q+1. The lowest BCUT2D eigenvalue weighted by Gasteiger charge is -2.45. The highest BCUT2D eigenvalue weighted by Crippen LogP contribution is 2.49. The zero-order valence-corrected chi connectivity index (χ0v) is 57.5. The maximum Gasteiger partial charge on any atom is 0.298 e. The second-order valence-electron chi connectivity index (χ2n) is 26.0. The van der Waals surface area contributed by atoms with Gasteiger partial charge in [0.25, 0.3) is 10.9 Å². The van der Waals surface area contributed by atoms with Gasteiger partial charge in [0.05, 0.1) is 16.4 Å². The lowest BCUT2D eigenvalue weighted by molar-refractivity contribution is -0.429. The Morgan fingerprint density at radius 2 is 1.05 bits per heavy atom. The van der Waals surface area contributed by atoms with Crippen LogP contribution in [-0.4, -0.2) is 90.1 Å². The fourth-order valence-electron chi connectivity index (χ4n) is 13.0. The van der Waals surface area contributed by atoms with Gasteiger partial charge < -0.3 is 28.4 Å². The first kappa shape index (κ1) is 68.2. The lowest BCUT2D eigenvalue weighted by atomic mass is 9.70. The summed E-state index contributed by atoms with van der Waals surface area (Å²) in [7, 11) is 1.35. The van der Waals surface area contributed by atoms with E-state index in [0.29, 0.717) is 65.1 Å². The zero-order valence-electron chi connectivity index (χ0n) is 52.9. The Morgan fingerprint density at radius 3 is 1.57 bits per heavy atom. The molecular weight excluding hydrogens is 1330 g/mol. The molecule has 3 saturated heterocycles. The maximum atomic E-state index is 15.6. The molecule has 10 rings (SSSR count). The van der Waals surface area contributed by atoms with Crippen molar-refractivity contribution in [1.82, 2.24) is 9.97 Å². The average Bonchev–Trinajstić information content (AvgIpc) is 0.858. The van der Waals surface area contributed by atoms with Gasteiger partial charge in [-0.05, 0) is 214 Å². The monoisotopic (exact) mass is 1390 g/mol. The van der Waals surface area contributed by atoms with Gasteiger partial charge in [0.2, 0.25) is 11.7 Å².